The van der Waals surface area contributed by atoms with E-state index in [4.69, 9.17) is 0 Å². The van der Waals surface area contributed by atoms with E-state index < -0.39 is 21.7 Å². The van der Waals surface area contributed by atoms with E-state index in [9.17, 15) is 17.6 Å². The predicted molar refractivity (Wildman–Crippen MR) is 108 cm³/mol. The molecule has 0 saturated heterocycles. The Morgan fingerprint density at radius 1 is 1.18 bits per heavy atom. The van der Waals surface area contributed by atoms with Crippen molar-refractivity contribution in [2.24, 2.45) is 10.3 Å². The van der Waals surface area contributed by atoms with Crippen LogP contribution < -0.4 is 9.80 Å². The van der Waals surface area contributed by atoms with Crippen LogP contribution in [0.2, 0.25) is 0 Å². The van der Waals surface area contributed by atoms with Crippen molar-refractivity contribution in [1.82, 2.24) is 0 Å². The summed E-state index contributed by atoms with van der Waals surface area (Å²) in [5, 5.41) is 0. The number of carbonyl (C=O) groups excluding carboxylic acids is 1. The molecular weight excluding hydrogens is 381 g/mol. The molecule has 3 rings (SSSR count). The smallest absolute Gasteiger partial charge is 0.286 e. The molecule has 0 aromatic heterocycles. The van der Waals surface area contributed by atoms with Crippen LogP contribution >= 0.6 is 0 Å². The van der Waals surface area contributed by atoms with Gasteiger partial charge in [-0.2, -0.15) is 8.42 Å². The fourth-order valence-electron chi connectivity index (χ4n) is 3.09. The van der Waals surface area contributed by atoms with Crippen molar-refractivity contribution >= 4 is 33.1 Å². The molecule has 1 aliphatic heterocycles. The molecule has 0 aliphatic carbocycles. The van der Waals surface area contributed by atoms with Gasteiger partial charge in [-0.1, -0.05) is 13.8 Å². The van der Waals surface area contributed by atoms with Gasteiger partial charge in [0, 0.05) is 24.8 Å². The summed E-state index contributed by atoms with van der Waals surface area (Å²) in [4.78, 5) is 16.0. The highest BCUT2D eigenvalue weighted by molar-refractivity contribution is 7.90. The number of carbonyl (C=O) groups is 1. The van der Waals surface area contributed by atoms with Gasteiger partial charge in [0.15, 0.2) is 0 Å². The van der Waals surface area contributed by atoms with E-state index in [1.165, 1.54) is 35.2 Å². The number of nitrogens with zero attached hydrogens (tertiary/aromatic N) is 3. The Hall–Kier alpha value is -2.74. The maximum Gasteiger partial charge on any atom is 0.286 e. The number of fused-ring (bicyclic) bond motifs is 1. The summed E-state index contributed by atoms with van der Waals surface area (Å²) in [6.45, 7) is 6.34. The largest absolute Gasteiger partial charge is 0.328 e. The molecule has 8 heteroatoms. The number of hydrogen-bond acceptors (Lipinski definition) is 4. The molecule has 0 atom stereocenters. The number of rotatable bonds is 4. The average molecular weight is 403 g/mol. The van der Waals surface area contributed by atoms with Crippen molar-refractivity contribution in [3.63, 3.8) is 0 Å². The maximum absolute atomic E-state index is 13.1. The predicted octanol–water partition coefficient (Wildman–Crippen LogP) is 3.69. The minimum Gasteiger partial charge on any atom is -0.328 e. The Bertz CT molecular complexity index is 1050. The van der Waals surface area contributed by atoms with Gasteiger partial charge in [-0.05, 0) is 55.3 Å². The van der Waals surface area contributed by atoms with Crippen molar-refractivity contribution < 1.29 is 17.6 Å². The van der Waals surface area contributed by atoms with E-state index in [1.54, 1.807) is 26.1 Å². The lowest BCUT2D eigenvalue weighted by Crippen LogP contribution is -2.37. The Balaban J connectivity index is 2.01. The second-order valence-electron chi connectivity index (χ2n) is 7.14. The molecule has 28 heavy (non-hydrogen) atoms. The highest BCUT2D eigenvalue weighted by Gasteiger charge is 2.30. The van der Waals surface area contributed by atoms with Crippen LogP contribution in [0, 0.1) is 11.7 Å². The van der Waals surface area contributed by atoms with Gasteiger partial charge in [-0.3, -0.25) is 4.79 Å². The number of amides is 1. The van der Waals surface area contributed by atoms with Gasteiger partial charge in [0.05, 0.1) is 5.69 Å². The monoisotopic (exact) mass is 403 g/mol. The zero-order chi connectivity index (χ0) is 20.6. The topological polar surface area (TPSA) is 70.0 Å². The first-order valence-electron chi connectivity index (χ1n) is 8.87. The van der Waals surface area contributed by atoms with Gasteiger partial charge in [-0.15, -0.1) is 4.40 Å². The Morgan fingerprint density at radius 2 is 1.82 bits per heavy atom. The molecule has 0 bridgehead atoms. The third-order valence-corrected chi connectivity index (χ3v) is 5.87. The molecule has 0 radical (unpaired) electrons. The lowest BCUT2D eigenvalue weighted by atomic mass is 10.1. The molecule has 0 N–H and O–H groups in total. The van der Waals surface area contributed by atoms with Crippen LogP contribution in [0.25, 0.3) is 0 Å². The SMILES string of the molecule is CC1=NS(=O)(=O)c2cc(C(=O)N(C)c3ccc(F)cc3)ccc2N1CC(C)C. The van der Waals surface area contributed by atoms with Crippen LogP contribution in [0.1, 0.15) is 31.1 Å². The molecule has 2 aromatic rings. The second kappa shape index (κ2) is 7.35. The Morgan fingerprint density at radius 3 is 2.43 bits per heavy atom. The molecule has 1 aliphatic rings. The molecule has 0 saturated carbocycles. The molecule has 6 nitrogen and oxygen atoms in total. The zero-order valence-corrected chi connectivity index (χ0v) is 17.0. The second-order valence-corrected chi connectivity index (χ2v) is 8.71. The third-order valence-electron chi connectivity index (χ3n) is 4.48. The number of benzene rings is 2. The van der Waals surface area contributed by atoms with Crippen LogP contribution in [0.3, 0.4) is 0 Å². The molecular formula is C20H22FN3O3S. The van der Waals surface area contributed by atoms with Crippen LogP contribution in [-0.2, 0) is 10.0 Å². The fourth-order valence-corrected chi connectivity index (χ4v) is 4.36. The van der Waals surface area contributed by atoms with Crippen LogP contribution in [0.5, 0.6) is 0 Å². The van der Waals surface area contributed by atoms with Gasteiger partial charge in [-0.25, -0.2) is 4.39 Å². The molecule has 1 heterocycles. The number of halogens is 1. The van der Waals surface area contributed by atoms with Gasteiger partial charge in [0.2, 0.25) is 0 Å². The molecule has 2 aromatic carbocycles. The lowest BCUT2D eigenvalue weighted by Gasteiger charge is -2.31. The van der Waals surface area contributed by atoms with E-state index >= 15 is 0 Å². The third kappa shape index (κ3) is 3.77. The summed E-state index contributed by atoms with van der Waals surface area (Å²) in [6.07, 6.45) is 0. The minimum absolute atomic E-state index is 0.0112. The number of hydrogen-bond donors (Lipinski definition) is 0. The first-order chi connectivity index (χ1) is 13.1. The van der Waals surface area contributed by atoms with Crippen molar-refractivity contribution in [3.05, 3.63) is 53.8 Å². The van der Waals surface area contributed by atoms with Crippen molar-refractivity contribution in [3.8, 4) is 0 Å². The summed E-state index contributed by atoms with van der Waals surface area (Å²) in [6, 6.07) is 10.1. The van der Waals surface area contributed by atoms with Gasteiger partial charge < -0.3 is 9.80 Å². The van der Waals surface area contributed by atoms with Gasteiger partial charge >= 0.3 is 0 Å². The van der Waals surface area contributed by atoms with E-state index in [2.05, 4.69) is 4.40 Å². The highest BCUT2D eigenvalue weighted by Crippen LogP contribution is 2.33. The minimum atomic E-state index is -3.89. The summed E-state index contributed by atoms with van der Waals surface area (Å²) in [5.41, 5.74) is 1.23. The standard InChI is InChI=1S/C20H22FN3O3S/c1-13(2)12-24-14(3)22-28(26,27)19-11-15(5-10-18(19)24)20(25)23(4)17-8-6-16(21)7-9-17/h5-11,13H,12H2,1-4H3. The first kappa shape index (κ1) is 20.0. The summed E-state index contributed by atoms with van der Waals surface area (Å²) < 4.78 is 42.1. The Labute approximate surface area is 164 Å². The van der Waals surface area contributed by atoms with Gasteiger partial charge in [0.25, 0.3) is 15.9 Å². The van der Waals surface area contributed by atoms with E-state index in [0.717, 1.165) is 0 Å². The Kier molecular flexibility index (Phi) is 5.25. The quantitative estimate of drug-likeness (QED) is 0.781. The molecule has 1 amide bonds. The van der Waals surface area contributed by atoms with Crippen LogP contribution in [-0.4, -0.2) is 33.8 Å². The average Bonchev–Trinajstić information content (AvgIpc) is 2.63. The highest BCUT2D eigenvalue weighted by atomic mass is 32.2. The lowest BCUT2D eigenvalue weighted by molar-refractivity contribution is 0.0993. The van der Waals surface area contributed by atoms with Crippen molar-refractivity contribution in [2.75, 3.05) is 23.4 Å². The summed E-state index contributed by atoms with van der Waals surface area (Å²) >= 11 is 0. The number of amidine groups is 1. The summed E-state index contributed by atoms with van der Waals surface area (Å²) in [7, 11) is -2.33. The van der Waals surface area contributed by atoms with Crippen LogP contribution in [0.4, 0.5) is 15.8 Å². The molecule has 0 spiro atoms. The van der Waals surface area contributed by atoms with E-state index in [-0.39, 0.29) is 10.5 Å². The zero-order valence-electron chi connectivity index (χ0n) is 16.2. The van der Waals surface area contributed by atoms with Gasteiger partial charge in [0.1, 0.15) is 16.5 Å². The van der Waals surface area contributed by atoms with Crippen LogP contribution in [0.15, 0.2) is 51.8 Å². The summed E-state index contributed by atoms with van der Waals surface area (Å²) in [5.74, 6) is -0.0948. The van der Waals surface area contributed by atoms with Crippen molar-refractivity contribution in [1.29, 1.82) is 0 Å². The number of anilines is 2. The first-order valence-corrected chi connectivity index (χ1v) is 10.3. The molecule has 0 unspecified atom stereocenters. The maximum atomic E-state index is 13.1. The van der Waals surface area contributed by atoms with E-state index in [0.29, 0.717) is 29.7 Å². The number of sulfonamides is 1. The van der Waals surface area contributed by atoms with E-state index in [1.807, 2.05) is 18.7 Å². The normalized spacial score (nSPS) is 15.2. The molecule has 148 valence electrons. The molecule has 0 fully saturated rings. The van der Waals surface area contributed by atoms with Crippen molar-refractivity contribution in [2.45, 2.75) is 25.7 Å². The fraction of sp³-hybridized carbons (Fsp3) is 0.300.